The minimum Gasteiger partial charge on any atom is -0.355 e. The molecular formula is C17H19N3O2S. The Morgan fingerprint density at radius 2 is 2.26 bits per heavy atom. The number of likely N-dealkylation sites (tertiary alicyclic amines) is 1. The fourth-order valence-electron chi connectivity index (χ4n) is 2.70. The lowest BCUT2D eigenvalue weighted by atomic mass is 10.1. The van der Waals surface area contributed by atoms with Crippen molar-refractivity contribution >= 4 is 23.2 Å². The average molecular weight is 329 g/mol. The topological polar surface area (TPSA) is 62.3 Å². The molecule has 6 heteroatoms. The molecule has 0 spiro atoms. The van der Waals surface area contributed by atoms with Gasteiger partial charge in [0.2, 0.25) is 11.8 Å². The van der Waals surface area contributed by atoms with E-state index < -0.39 is 0 Å². The maximum atomic E-state index is 12.2. The summed E-state index contributed by atoms with van der Waals surface area (Å²) in [5.41, 5.74) is 0.847. The van der Waals surface area contributed by atoms with Gasteiger partial charge in [0.15, 0.2) is 0 Å². The lowest BCUT2D eigenvalue weighted by molar-refractivity contribution is -0.129. The van der Waals surface area contributed by atoms with Gasteiger partial charge in [-0.3, -0.25) is 14.6 Å². The van der Waals surface area contributed by atoms with Gasteiger partial charge >= 0.3 is 0 Å². The lowest BCUT2D eigenvalue weighted by Gasteiger charge is -2.16. The number of thiophene rings is 1. The van der Waals surface area contributed by atoms with Crippen molar-refractivity contribution in [1.82, 2.24) is 15.2 Å². The molecule has 0 radical (unpaired) electrons. The van der Waals surface area contributed by atoms with Crippen LogP contribution in [0.3, 0.4) is 0 Å². The highest BCUT2D eigenvalue weighted by atomic mass is 32.1. The lowest BCUT2D eigenvalue weighted by Crippen LogP contribution is -2.34. The van der Waals surface area contributed by atoms with Gasteiger partial charge in [-0.25, -0.2) is 0 Å². The number of hydrogen-bond acceptors (Lipinski definition) is 4. The highest BCUT2D eigenvalue weighted by Crippen LogP contribution is 2.20. The van der Waals surface area contributed by atoms with Crippen molar-refractivity contribution in [3.63, 3.8) is 0 Å². The van der Waals surface area contributed by atoms with Crippen molar-refractivity contribution in [2.45, 2.75) is 19.4 Å². The number of carbonyl (C=O) groups excluding carboxylic acids is 2. The first-order valence-corrected chi connectivity index (χ1v) is 8.58. The van der Waals surface area contributed by atoms with E-state index in [9.17, 15) is 9.59 Å². The van der Waals surface area contributed by atoms with Gasteiger partial charge in [-0.05, 0) is 30.0 Å². The molecule has 23 heavy (non-hydrogen) atoms. The van der Waals surface area contributed by atoms with Crippen molar-refractivity contribution in [2.75, 3.05) is 13.1 Å². The van der Waals surface area contributed by atoms with E-state index in [1.165, 1.54) is 4.88 Å². The van der Waals surface area contributed by atoms with E-state index >= 15 is 0 Å². The molecule has 5 nitrogen and oxygen atoms in total. The molecule has 3 rings (SSSR count). The summed E-state index contributed by atoms with van der Waals surface area (Å²) in [4.78, 5) is 31.5. The maximum Gasteiger partial charge on any atom is 0.225 e. The molecule has 0 aromatic carbocycles. The highest BCUT2D eigenvalue weighted by Gasteiger charge is 2.34. The third-order valence-corrected chi connectivity index (χ3v) is 4.85. The summed E-state index contributed by atoms with van der Waals surface area (Å²) in [7, 11) is 0. The zero-order valence-electron chi connectivity index (χ0n) is 12.8. The molecule has 1 aliphatic heterocycles. The Hall–Kier alpha value is -2.21. The highest BCUT2D eigenvalue weighted by molar-refractivity contribution is 7.09. The van der Waals surface area contributed by atoms with Gasteiger partial charge in [0.25, 0.3) is 0 Å². The van der Waals surface area contributed by atoms with Crippen LogP contribution >= 0.6 is 11.3 Å². The van der Waals surface area contributed by atoms with Crippen LogP contribution in [0.5, 0.6) is 0 Å². The van der Waals surface area contributed by atoms with Crippen molar-refractivity contribution < 1.29 is 9.59 Å². The Morgan fingerprint density at radius 3 is 3.00 bits per heavy atom. The standard InChI is InChI=1S/C17H19N3O2S/c21-16-10-13(11-20(16)12-14-4-1-2-7-18-14)17(22)19-8-6-15-5-3-9-23-15/h1-5,7,9,13H,6,8,10-12H2,(H,19,22)/t13-/m1/s1. The van der Waals surface area contributed by atoms with Crippen LogP contribution < -0.4 is 5.32 Å². The van der Waals surface area contributed by atoms with Crippen LogP contribution in [0.2, 0.25) is 0 Å². The molecule has 2 aromatic heterocycles. The van der Waals surface area contributed by atoms with Crippen molar-refractivity contribution in [3.05, 3.63) is 52.5 Å². The van der Waals surface area contributed by atoms with Crippen LogP contribution in [-0.2, 0) is 22.6 Å². The quantitative estimate of drug-likeness (QED) is 0.880. The van der Waals surface area contributed by atoms with E-state index in [1.54, 1.807) is 22.4 Å². The molecule has 2 aromatic rings. The van der Waals surface area contributed by atoms with Crippen molar-refractivity contribution in [1.29, 1.82) is 0 Å². The van der Waals surface area contributed by atoms with Gasteiger partial charge in [0.05, 0.1) is 18.2 Å². The van der Waals surface area contributed by atoms with Crippen LogP contribution in [-0.4, -0.2) is 34.8 Å². The SMILES string of the molecule is O=C(NCCc1cccs1)[C@@H]1CC(=O)N(Cc2ccccn2)C1. The van der Waals surface area contributed by atoms with Gasteiger partial charge in [-0.1, -0.05) is 12.1 Å². The number of rotatable bonds is 6. The summed E-state index contributed by atoms with van der Waals surface area (Å²) in [5, 5.41) is 4.97. The van der Waals surface area contributed by atoms with Crippen LogP contribution in [0.1, 0.15) is 17.0 Å². The Morgan fingerprint density at radius 1 is 1.35 bits per heavy atom. The molecule has 2 amide bonds. The molecule has 1 N–H and O–H groups in total. The Kier molecular flexibility index (Phi) is 5.02. The van der Waals surface area contributed by atoms with Gasteiger partial charge in [0.1, 0.15) is 0 Å². The van der Waals surface area contributed by atoms with Crippen molar-refractivity contribution in [2.24, 2.45) is 5.92 Å². The molecule has 0 aliphatic carbocycles. The second kappa shape index (κ2) is 7.37. The number of aromatic nitrogens is 1. The maximum absolute atomic E-state index is 12.2. The normalized spacial score (nSPS) is 17.5. The number of hydrogen-bond donors (Lipinski definition) is 1. The summed E-state index contributed by atoms with van der Waals surface area (Å²) in [6, 6.07) is 9.70. The minimum atomic E-state index is -0.255. The molecule has 1 saturated heterocycles. The van der Waals surface area contributed by atoms with Crippen LogP contribution in [0, 0.1) is 5.92 Å². The molecular weight excluding hydrogens is 310 g/mol. The number of amides is 2. The van der Waals surface area contributed by atoms with E-state index in [2.05, 4.69) is 16.4 Å². The van der Waals surface area contributed by atoms with E-state index in [-0.39, 0.29) is 24.2 Å². The van der Waals surface area contributed by atoms with E-state index in [4.69, 9.17) is 0 Å². The third kappa shape index (κ3) is 4.16. The van der Waals surface area contributed by atoms with Gasteiger partial charge < -0.3 is 10.2 Å². The Balaban J connectivity index is 1.47. The predicted octanol–water partition coefficient (Wildman–Crippen LogP) is 1.85. The molecule has 1 aliphatic rings. The molecule has 0 unspecified atom stereocenters. The number of carbonyl (C=O) groups is 2. The first-order chi connectivity index (χ1) is 11.2. The second-order valence-corrected chi connectivity index (χ2v) is 6.65. The van der Waals surface area contributed by atoms with Gasteiger partial charge in [0, 0.05) is 30.6 Å². The Bertz CT molecular complexity index is 658. The van der Waals surface area contributed by atoms with Crippen molar-refractivity contribution in [3.8, 4) is 0 Å². The summed E-state index contributed by atoms with van der Waals surface area (Å²) >= 11 is 1.69. The Labute approximate surface area is 139 Å². The van der Waals surface area contributed by atoms with Gasteiger partial charge in [-0.15, -0.1) is 11.3 Å². The van der Waals surface area contributed by atoms with E-state index in [0.29, 0.717) is 19.6 Å². The first kappa shape index (κ1) is 15.7. The van der Waals surface area contributed by atoms with Crippen LogP contribution in [0.25, 0.3) is 0 Å². The third-order valence-electron chi connectivity index (χ3n) is 3.92. The van der Waals surface area contributed by atoms with E-state index in [0.717, 1.165) is 12.1 Å². The smallest absolute Gasteiger partial charge is 0.225 e. The first-order valence-electron chi connectivity index (χ1n) is 7.70. The number of nitrogens with one attached hydrogen (secondary N) is 1. The summed E-state index contributed by atoms with van der Waals surface area (Å²) in [6.07, 6.45) is 2.84. The minimum absolute atomic E-state index is 0.0223. The molecule has 1 atom stereocenters. The van der Waals surface area contributed by atoms with Crippen LogP contribution in [0.15, 0.2) is 41.9 Å². The zero-order valence-corrected chi connectivity index (χ0v) is 13.6. The van der Waals surface area contributed by atoms with Gasteiger partial charge in [-0.2, -0.15) is 0 Å². The second-order valence-electron chi connectivity index (χ2n) is 5.62. The fourth-order valence-corrected chi connectivity index (χ4v) is 3.40. The van der Waals surface area contributed by atoms with Crippen LogP contribution in [0.4, 0.5) is 0 Å². The fraction of sp³-hybridized carbons (Fsp3) is 0.353. The molecule has 0 bridgehead atoms. The molecule has 0 saturated carbocycles. The number of pyridine rings is 1. The monoisotopic (exact) mass is 329 g/mol. The summed E-state index contributed by atoms with van der Waals surface area (Å²) in [5.74, 6) is -0.262. The summed E-state index contributed by atoms with van der Waals surface area (Å²) in [6.45, 7) is 1.56. The predicted molar refractivity (Wildman–Crippen MR) is 88.8 cm³/mol. The average Bonchev–Trinajstić information content (AvgIpc) is 3.19. The molecule has 120 valence electrons. The molecule has 3 heterocycles. The number of nitrogens with zero attached hydrogens (tertiary/aromatic N) is 2. The zero-order chi connectivity index (χ0) is 16.1. The molecule has 1 fully saturated rings. The largest absolute Gasteiger partial charge is 0.355 e. The summed E-state index contributed by atoms with van der Waals surface area (Å²) < 4.78 is 0. The van der Waals surface area contributed by atoms with E-state index in [1.807, 2.05) is 29.6 Å².